The first-order valence-electron chi connectivity index (χ1n) is 10.4. The number of rotatable bonds is 7. The second kappa shape index (κ2) is 9.40. The van der Waals surface area contributed by atoms with Crippen LogP contribution < -0.4 is 4.90 Å². The lowest BCUT2D eigenvalue weighted by molar-refractivity contribution is -0.115. The number of fused-ring (bicyclic) bond motifs is 1. The Morgan fingerprint density at radius 3 is 2.62 bits per heavy atom. The maximum atomic E-state index is 12.6. The molecule has 0 radical (unpaired) electrons. The molecule has 1 aliphatic rings. The molecule has 0 unspecified atom stereocenters. The summed E-state index contributed by atoms with van der Waals surface area (Å²) in [6.45, 7) is 6.93. The second-order valence-electron chi connectivity index (χ2n) is 7.66. The van der Waals surface area contributed by atoms with Gasteiger partial charge in [0.2, 0.25) is 5.91 Å². The van der Waals surface area contributed by atoms with E-state index in [4.69, 9.17) is 4.74 Å². The molecule has 1 aliphatic heterocycles. The van der Waals surface area contributed by atoms with E-state index in [1.807, 2.05) is 31.2 Å². The van der Waals surface area contributed by atoms with Crippen molar-refractivity contribution in [3.05, 3.63) is 88.4 Å². The number of amides is 3. The molecule has 3 amide bonds. The van der Waals surface area contributed by atoms with Gasteiger partial charge in [-0.2, -0.15) is 0 Å². The Morgan fingerprint density at radius 1 is 1.15 bits per heavy atom. The van der Waals surface area contributed by atoms with Gasteiger partial charge in [0, 0.05) is 18.8 Å². The van der Waals surface area contributed by atoms with Crippen LogP contribution in [0, 0.1) is 6.92 Å². The summed E-state index contributed by atoms with van der Waals surface area (Å²) in [6.07, 6.45) is 1.46. The van der Waals surface area contributed by atoms with Gasteiger partial charge in [-0.3, -0.25) is 24.2 Å². The number of thiazole rings is 1. The average Bonchev–Trinajstić information content (AvgIpc) is 3.36. The largest absolute Gasteiger partial charge is 0.456 e. The lowest BCUT2D eigenvalue weighted by Crippen LogP contribution is -2.29. The molecule has 9 heteroatoms. The maximum absolute atomic E-state index is 12.6. The summed E-state index contributed by atoms with van der Waals surface area (Å²) in [4.78, 5) is 56.7. The van der Waals surface area contributed by atoms with Crippen molar-refractivity contribution in [2.24, 2.45) is 0 Å². The highest BCUT2D eigenvalue weighted by atomic mass is 32.1. The Balaban J connectivity index is 1.47. The molecule has 4 rings (SSSR count). The van der Waals surface area contributed by atoms with Crippen molar-refractivity contribution in [1.29, 1.82) is 0 Å². The Hall–Kier alpha value is -4.11. The molecule has 0 spiro atoms. The fraction of sp³-hybridized carbons (Fsp3) is 0.160. The highest BCUT2D eigenvalue weighted by Gasteiger charge is 2.35. The van der Waals surface area contributed by atoms with E-state index in [1.165, 1.54) is 47.4 Å². The van der Waals surface area contributed by atoms with E-state index in [2.05, 4.69) is 11.6 Å². The first-order chi connectivity index (χ1) is 16.3. The van der Waals surface area contributed by atoms with E-state index < -0.39 is 17.8 Å². The predicted molar refractivity (Wildman–Crippen MR) is 127 cm³/mol. The number of hydrogen-bond donors (Lipinski definition) is 0. The molecular formula is C25H21N3O5S. The minimum absolute atomic E-state index is 0.0954. The molecule has 0 saturated heterocycles. The van der Waals surface area contributed by atoms with Crippen LogP contribution >= 0.6 is 11.3 Å². The van der Waals surface area contributed by atoms with Gasteiger partial charge >= 0.3 is 5.97 Å². The number of hydrogen-bond acceptors (Lipinski definition) is 7. The predicted octanol–water partition coefficient (Wildman–Crippen LogP) is 4.28. The third-order valence-electron chi connectivity index (χ3n) is 5.17. The van der Waals surface area contributed by atoms with Gasteiger partial charge in [0.1, 0.15) is 6.61 Å². The molecular weight excluding hydrogens is 454 g/mol. The van der Waals surface area contributed by atoms with Gasteiger partial charge in [-0.05, 0) is 42.8 Å². The number of aromatic nitrogens is 1. The van der Waals surface area contributed by atoms with Crippen LogP contribution in [0.5, 0.6) is 0 Å². The quantitative estimate of drug-likeness (QED) is 0.288. The summed E-state index contributed by atoms with van der Waals surface area (Å²) in [5, 5.41) is 2.18. The van der Waals surface area contributed by atoms with Crippen molar-refractivity contribution < 1.29 is 23.9 Å². The van der Waals surface area contributed by atoms with Crippen molar-refractivity contribution in [3.8, 4) is 0 Å². The van der Waals surface area contributed by atoms with Gasteiger partial charge in [-0.1, -0.05) is 18.2 Å². The minimum atomic E-state index is -0.651. The Labute approximate surface area is 200 Å². The SMILES string of the molecule is C=CCN1C(=O)c2ccc(C(=O)OCc3csc(N(C(C)=O)c4cccc(C)c4)n3)cc2C1=O. The number of aryl methyl sites for hydroxylation is 1. The number of imide groups is 1. The lowest BCUT2D eigenvalue weighted by Gasteiger charge is -2.18. The van der Waals surface area contributed by atoms with Crippen LogP contribution in [-0.4, -0.2) is 40.1 Å². The molecule has 3 aromatic rings. The fourth-order valence-electron chi connectivity index (χ4n) is 3.59. The van der Waals surface area contributed by atoms with Gasteiger partial charge in [-0.15, -0.1) is 17.9 Å². The van der Waals surface area contributed by atoms with Gasteiger partial charge < -0.3 is 4.74 Å². The highest BCUT2D eigenvalue weighted by Crippen LogP contribution is 2.30. The van der Waals surface area contributed by atoms with Crippen LogP contribution in [-0.2, 0) is 16.1 Å². The molecule has 8 nitrogen and oxygen atoms in total. The fourth-order valence-corrected chi connectivity index (χ4v) is 4.47. The molecule has 0 saturated carbocycles. The maximum Gasteiger partial charge on any atom is 0.338 e. The first kappa shape index (κ1) is 23.1. The Bertz CT molecular complexity index is 1330. The van der Waals surface area contributed by atoms with Crippen LogP contribution in [0.25, 0.3) is 0 Å². The molecule has 0 N–H and O–H groups in total. The van der Waals surface area contributed by atoms with Crippen LogP contribution in [0.3, 0.4) is 0 Å². The van der Waals surface area contributed by atoms with Gasteiger partial charge in [0.05, 0.1) is 28.1 Å². The van der Waals surface area contributed by atoms with E-state index in [-0.39, 0.29) is 35.7 Å². The standard InChI is InChI=1S/C25H21N3O5S/c1-4-10-27-22(30)20-9-8-17(12-21(20)23(27)31)24(32)33-13-18-14-34-25(26-18)28(16(3)29)19-7-5-6-15(2)11-19/h4-9,11-12,14H,1,10,13H2,2-3H3. The summed E-state index contributed by atoms with van der Waals surface area (Å²) in [7, 11) is 0. The molecule has 2 aromatic carbocycles. The minimum Gasteiger partial charge on any atom is -0.456 e. The van der Waals surface area contributed by atoms with E-state index in [1.54, 1.807) is 5.38 Å². The molecule has 0 bridgehead atoms. The number of esters is 1. The topological polar surface area (TPSA) is 96.9 Å². The van der Waals surface area contributed by atoms with E-state index in [9.17, 15) is 19.2 Å². The van der Waals surface area contributed by atoms with E-state index >= 15 is 0 Å². The van der Waals surface area contributed by atoms with Crippen molar-refractivity contribution in [2.45, 2.75) is 20.5 Å². The van der Waals surface area contributed by atoms with Crippen LogP contribution in [0.15, 0.2) is 60.5 Å². The summed E-state index contributed by atoms with van der Waals surface area (Å²) >= 11 is 1.26. The van der Waals surface area contributed by atoms with Crippen LogP contribution in [0.1, 0.15) is 49.3 Å². The number of nitrogens with zero attached hydrogens (tertiary/aromatic N) is 3. The van der Waals surface area contributed by atoms with E-state index in [0.29, 0.717) is 16.5 Å². The first-order valence-corrected chi connectivity index (χ1v) is 11.3. The molecule has 0 aliphatic carbocycles. The zero-order chi connectivity index (χ0) is 24.4. The molecule has 1 aromatic heterocycles. The summed E-state index contributed by atoms with van der Waals surface area (Å²) < 4.78 is 5.36. The molecule has 34 heavy (non-hydrogen) atoms. The number of carbonyl (C=O) groups excluding carboxylic acids is 4. The number of anilines is 2. The Morgan fingerprint density at radius 2 is 1.91 bits per heavy atom. The molecule has 0 fully saturated rings. The summed E-state index contributed by atoms with van der Waals surface area (Å²) in [5.74, 6) is -1.73. The zero-order valence-corrected chi connectivity index (χ0v) is 19.4. The third-order valence-corrected chi connectivity index (χ3v) is 6.05. The number of benzene rings is 2. The highest BCUT2D eigenvalue weighted by molar-refractivity contribution is 7.14. The molecule has 0 atom stereocenters. The molecule has 172 valence electrons. The van der Waals surface area contributed by atoms with Crippen molar-refractivity contribution in [3.63, 3.8) is 0 Å². The summed E-state index contributed by atoms with van der Waals surface area (Å²) in [6, 6.07) is 11.8. The monoisotopic (exact) mass is 475 g/mol. The third kappa shape index (κ3) is 4.38. The Kier molecular flexibility index (Phi) is 6.38. The van der Waals surface area contributed by atoms with Gasteiger partial charge in [-0.25, -0.2) is 9.78 Å². The van der Waals surface area contributed by atoms with Crippen LogP contribution in [0.4, 0.5) is 10.8 Å². The number of carbonyl (C=O) groups is 4. The van der Waals surface area contributed by atoms with E-state index in [0.717, 1.165) is 10.5 Å². The zero-order valence-electron chi connectivity index (χ0n) is 18.6. The van der Waals surface area contributed by atoms with Crippen LogP contribution in [0.2, 0.25) is 0 Å². The van der Waals surface area contributed by atoms with Crippen molar-refractivity contribution in [2.75, 3.05) is 11.4 Å². The summed E-state index contributed by atoms with van der Waals surface area (Å²) in [5.41, 5.74) is 2.75. The smallest absolute Gasteiger partial charge is 0.338 e. The molecule has 2 heterocycles. The van der Waals surface area contributed by atoms with Crippen molar-refractivity contribution >= 4 is 45.8 Å². The number of ether oxygens (including phenoxy) is 1. The normalized spacial score (nSPS) is 12.5. The average molecular weight is 476 g/mol. The van der Waals surface area contributed by atoms with Crippen molar-refractivity contribution in [1.82, 2.24) is 9.88 Å². The second-order valence-corrected chi connectivity index (χ2v) is 8.50. The van der Waals surface area contributed by atoms with Gasteiger partial charge in [0.15, 0.2) is 5.13 Å². The lowest BCUT2D eigenvalue weighted by atomic mass is 10.1. The van der Waals surface area contributed by atoms with Gasteiger partial charge in [0.25, 0.3) is 11.8 Å².